The van der Waals surface area contributed by atoms with Gasteiger partial charge in [0, 0.05) is 4.47 Å². The van der Waals surface area contributed by atoms with Crippen LogP contribution in [0.2, 0.25) is 0 Å². The largest absolute Gasteiger partial charge is 0.197 e. The van der Waals surface area contributed by atoms with E-state index in [-0.39, 0.29) is 5.41 Å². The molecule has 1 nitrogen and oxygen atoms in total. The molecule has 1 fully saturated rings. The van der Waals surface area contributed by atoms with Gasteiger partial charge in [-0.15, -0.1) is 0 Å². The van der Waals surface area contributed by atoms with Crippen molar-refractivity contribution in [1.82, 2.24) is 0 Å². The van der Waals surface area contributed by atoms with Crippen molar-refractivity contribution in [3.05, 3.63) is 40.4 Å². The summed E-state index contributed by atoms with van der Waals surface area (Å²) in [6.45, 7) is 0. The highest BCUT2D eigenvalue weighted by Gasteiger charge is 2.28. The lowest BCUT2D eigenvalue weighted by Gasteiger charge is -2.27. The van der Waals surface area contributed by atoms with Gasteiger partial charge in [-0.1, -0.05) is 59.5 Å². The van der Waals surface area contributed by atoms with E-state index < -0.39 is 0 Å². The Morgan fingerprint density at radius 1 is 1.24 bits per heavy atom. The average Bonchev–Trinajstić information content (AvgIpc) is 2.38. The van der Waals surface area contributed by atoms with Crippen molar-refractivity contribution >= 4 is 22.0 Å². The summed E-state index contributed by atoms with van der Waals surface area (Å²) in [4.78, 5) is 0. The molecule has 0 saturated heterocycles. The fourth-order valence-electron chi connectivity index (χ4n) is 2.36. The normalized spacial score (nSPS) is 19.1. The molecule has 1 saturated carbocycles. The van der Waals surface area contributed by atoms with Crippen LogP contribution >= 0.6 is 15.9 Å². The molecule has 1 aliphatic carbocycles. The topological polar surface area (TPSA) is 23.8 Å². The van der Waals surface area contributed by atoms with Crippen molar-refractivity contribution in [3.63, 3.8) is 0 Å². The maximum absolute atomic E-state index is 9.36. The van der Waals surface area contributed by atoms with E-state index in [0.717, 1.165) is 22.9 Å². The lowest BCUT2D eigenvalue weighted by atomic mass is 9.75. The van der Waals surface area contributed by atoms with Crippen molar-refractivity contribution in [2.24, 2.45) is 5.41 Å². The van der Waals surface area contributed by atoms with Crippen LogP contribution in [-0.4, -0.2) is 0 Å². The average molecular weight is 290 g/mol. The first-order valence-electron chi connectivity index (χ1n) is 6.10. The lowest BCUT2D eigenvalue weighted by Crippen LogP contribution is -2.18. The Kier molecular flexibility index (Phi) is 4.02. The van der Waals surface area contributed by atoms with E-state index >= 15 is 0 Å². The molecule has 0 heterocycles. The molecule has 0 aromatic heterocycles. The smallest absolute Gasteiger partial charge is 0.0756 e. The third-order valence-electron chi connectivity index (χ3n) is 3.41. The van der Waals surface area contributed by atoms with E-state index in [0.29, 0.717) is 0 Å². The molecule has 1 aromatic rings. The minimum Gasteiger partial charge on any atom is -0.197 e. The fraction of sp³-hybridized carbons (Fsp3) is 0.400. The molecule has 0 amide bonds. The number of allylic oxidation sites excluding steroid dienone is 1. The van der Waals surface area contributed by atoms with Crippen LogP contribution in [0.4, 0.5) is 0 Å². The molecule has 2 rings (SSSR count). The van der Waals surface area contributed by atoms with Gasteiger partial charge in [-0.2, -0.15) is 5.26 Å². The SMILES string of the molecule is N#CC1(C=Cc2cccc(Br)c2)CCCCC1. The van der Waals surface area contributed by atoms with E-state index in [4.69, 9.17) is 0 Å². The Hall–Kier alpha value is -1.07. The van der Waals surface area contributed by atoms with Crippen molar-refractivity contribution < 1.29 is 0 Å². The summed E-state index contributed by atoms with van der Waals surface area (Å²) < 4.78 is 1.08. The van der Waals surface area contributed by atoms with Crippen LogP contribution < -0.4 is 0 Å². The lowest BCUT2D eigenvalue weighted by molar-refractivity contribution is 0.337. The molecule has 0 spiro atoms. The number of rotatable bonds is 2. The van der Waals surface area contributed by atoms with Crippen LogP contribution in [0, 0.1) is 16.7 Å². The number of hydrogen-bond acceptors (Lipinski definition) is 1. The number of nitriles is 1. The van der Waals surface area contributed by atoms with Crippen molar-refractivity contribution in [2.45, 2.75) is 32.1 Å². The molecular weight excluding hydrogens is 274 g/mol. The molecular formula is C15H16BrN. The van der Waals surface area contributed by atoms with Gasteiger partial charge >= 0.3 is 0 Å². The van der Waals surface area contributed by atoms with Gasteiger partial charge in [0.2, 0.25) is 0 Å². The summed E-state index contributed by atoms with van der Waals surface area (Å²) in [6.07, 6.45) is 9.83. The standard InChI is InChI=1S/C15H16BrN/c16-14-6-4-5-13(11-14)7-10-15(12-17)8-2-1-3-9-15/h4-7,10-11H,1-3,8-9H2. The van der Waals surface area contributed by atoms with Gasteiger partial charge < -0.3 is 0 Å². The Labute approximate surface area is 111 Å². The summed E-state index contributed by atoms with van der Waals surface area (Å²) in [5.41, 5.74) is 0.931. The van der Waals surface area contributed by atoms with Crippen LogP contribution in [0.1, 0.15) is 37.7 Å². The maximum atomic E-state index is 9.36. The second-order valence-electron chi connectivity index (χ2n) is 4.72. The Balaban J connectivity index is 2.16. The Morgan fingerprint density at radius 3 is 2.65 bits per heavy atom. The number of halogens is 1. The van der Waals surface area contributed by atoms with Gasteiger partial charge in [0.1, 0.15) is 0 Å². The van der Waals surface area contributed by atoms with Crippen LogP contribution in [0.25, 0.3) is 6.08 Å². The van der Waals surface area contributed by atoms with Gasteiger partial charge in [-0.05, 0) is 30.5 Å². The summed E-state index contributed by atoms with van der Waals surface area (Å²) in [7, 11) is 0. The monoisotopic (exact) mass is 289 g/mol. The molecule has 1 aliphatic rings. The zero-order valence-corrected chi connectivity index (χ0v) is 11.4. The molecule has 0 aliphatic heterocycles. The Morgan fingerprint density at radius 2 is 2.00 bits per heavy atom. The second kappa shape index (κ2) is 5.51. The van der Waals surface area contributed by atoms with Crippen LogP contribution in [0.3, 0.4) is 0 Å². The van der Waals surface area contributed by atoms with Gasteiger partial charge in [0.25, 0.3) is 0 Å². The Bertz CT molecular complexity index is 450. The first kappa shape index (κ1) is 12.4. The molecule has 1 aromatic carbocycles. The fourth-order valence-corrected chi connectivity index (χ4v) is 2.78. The third-order valence-corrected chi connectivity index (χ3v) is 3.91. The summed E-state index contributed by atoms with van der Waals surface area (Å²) in [5.74, 6) is 0. The second-order valence-corrected chi connectivity index (χ2v) is 5.63. The highest BCUT2D eigenvalue weighted by atomic mass is 79.9. The van der Waals surface area contributed by atoms with E-state index in [1.807, 2.05) is 12.1 Å². The number of hydrogen-bond donors (Lipinski definition) is 0. The van der Waals surface area contributed by atoms with Crippen molar-refractivity contribution in [2.75, 3.05) is 0 Å². The first-order chi connectivity index (χ1) is 8.24. The molecule has 0 N–H and O–H groups in total. The molecule has 0 unspecified atom stereocenters. The van der Waals surface area contributed by atoms with E-state index in [1.54, 1.807) is 0 Å². The van der Waals surface area contributed by atoms with Crippen molar-refractivity contribution in [1.29, 1.82) is 5.26 Å². The van der Waals surface area contributed by atoms with E-state index in [2.05, 4.69) is 46.3 Å². The molecule has 0 radical (unpaired) electrons. The van der Waals surface area contributed by atoms with Gasteiger partial charge in [0.05, 0.1) is 11.5 Å². The predicted molar refractivity (Wildman–Crippen MR) is 74.3 cm³/mol. The maximum Gasteiger partial charge on any atom is 0.0756 e. The minimum absolute atomic E-state index is 0.222. The van der Waals surface area contributed by atoms with E-state index in [1.165, 1.54) is 19.3 Å². The summed E-state index contributed by atoms with van der Waals surface area (Å²) in [6, 6.07) is 10.7. The highest BCUT2D eigenvalue weighted by molar-refractivity contribution is 9.10. The van der Waals surface area contributed by atoms with Gasteiger partial charge in [-0.3, -0.25) is 0 Å². The zero-order chi connectivity index (χ0) is 12.1. The number of benzene rings is 1. The molecule has 88 valence electrons. The summed E-state index contributed by atoms with van der Waals surface area (Å²) >= 11 is 3.46. The molecule has 2 heteroatoms. The predicted octanol–water partition coefficient (Wildman–Crippen LogP) is 4.94. The van der Waals surface area contributed by atoms with E-state index in [9.17, 15) is 5.26 Å². The zero-order valence-electron chi connectivity index (χ0n) is 9.82. The quantitative estimate of drug-likeness (QED) is 0.757. The summed E-state index contributed by atoms with van der Waals surface area (Å²) in [5, 5.41) is 9.36. The molecule has 0 bridgehead atoms. The third kappa shape index (κ3) is 3.20. The van der Waals surface area contributed by atoms with Crippen LogP contribution in [0.15, 0.2) is 34.8 Å². The first-order valence-corrected chi connectivity index (χ1v) is 6.89. The highest BCUT2D eigenvalue weighted by Crippen LogP contribution is 2.37. The van der Waals surface area contributed by atoms with Gasteiger partial charge in [0.15, 0.2) is 0 Å². The molecule has 17 heavy (non-hydrogen) atoms. The molecule has 0 atom stereocenters. The van der Waals surface area contributed by atoms with Crippen LogP contribution in [0.5, 0.6) is 0 Å². The van der Waals surface area contributed by atoms with Crippen molar-refractivity contribution in [3.8, 4) is 6.07 Å². The number of nitrogens with zero attached hydrogens (tertiary/aromatic N) is 1. The van der Waals surface area contributed by atoms with Gasteiger partial charge in [-0.25, -0.2) is 0 Å². The minimum atomic E-state index is -0.222. The van der Waals surface area contributed by atoms with Crippen LogP contribution in [-0.2, 0) is 0 Å².